The summed E-state index contributed by atoms with van der Waals surface area (Å²) < 4.78 is 6.97. The molecule has 3 rings (SSSR count). The molecular weight excluding hydrogens is 284 g/mol. The highest BCUT2D eigenvalue weighted by Crippen LogP contribution is 2.27. The van der Waals surface area contributed by atoms with E-state index in [-0.39, 0.29) is 0 Å². The number of piperidine rings is 1. The summed E-state index contributed by atoms with van der Waals surface area (Å²) in [5.41, 5.74) is -0.856. The van der Waals surface area contributed by atoms with E-state index in [4.69, 9.17) is 4.74 Å². The molecule has 1 fully saturated rings. The van der Waals surface area contributed by atoms with Gasteiger partial charge in [0.15, 0.2) is 0 Å². The van der Waals surface area contributed by atoms with E-state index in [1.54, 1.807) is 25.7 Å². The molecule has 8 nitrogen and oxygen atoms in total. The first kappa shape index (κ1) is 14.7. The Kier molecular flexibility index (Phi) is 3.93. The van der Waals surface area contributed by atoms with Crippen LogP contribution in [-0.2, 0) is 13.5 Å². The van der Waals surface area contributed by atoms with Crippen molar-refractivity contribution in [3.63, 3.8) is 0 Å². The molecule has 0 aromatic carbocycles. The summed E-state index contributed by atoms with van der Waals surface area (Å²) in [5.74, 6) is 1.87. The van der Waals surface area contributed by atoms with Gasteiger partial charge in [0.1, 0.15) is 12.2 Å². The van der Waals surface area contributed by atoms with Crippen molar-refractivity contribution in [1.29, 1.82) is 0 Å². The van der Waals surface area contributed by atoms with Gasteiger partial charge in [-0.25, -0.2) is 4.98 Å². The van der Waals surface area contributed by atoms with Gasteiger partial charge in [0.05, 0.1) is 19.3 Å². The zero-order valence-electron chi connectivity index (χ0n) is 12.8. The topological polar surface area (TPSA) is 89.2 Å². The summed E-state index contributed by atoms with van der Waals surface area (Å²) in [4.78, 5) is 10.6. The fourth-order valence-electron chi connectivity index (χ4n) is 2.79. The minimum atomic E-state index is -0.856. The summed E-state index contributed by atoms with van der Waals surface area (Å²) in [6, 6.07) is 1.71. The first-order chi connectivity index (χ1) is 10.6. The number of aromatic nitrogens is 5. The third kappa shape index (κ3) is 3.01. The average Bonchev–Trinajstić information content (AvgIpc) is 2.92. The maximum absolute atomic E-state index is 10.9. The van der Waals surface area contributed by atoms with Gasteiger partial charge in [0, 0.05) is 32.3 Å². The number of ether oxygens (including phenoxy) is 1. The maximum Gasteiger partial charge on any atom is 0.228 e. The Morgan fingerprint density at radius 3 is 3.05 bits per heavy atom. The van der Waals surface area contributed by atoms with E-state index in [0.29, 0.717) is 24.8 Å². The summed E-state index contributed by atoms with van der Waals surface area (Å²) in [6.45, 7) is 1.28. The fourth-order valence-corrected chi connectivity index (χ4v) is 2.79. The molecule has 1 N–H and O–H groups in total. The minimum absolute atomic E-state index is 0.462. The first-order valence-electron chi connectivity index (χ1n) is 7.27. The molecular formula is C14H20N6O2. The summed E-state index contributed by atoms with van der Waals surface area (Å²) >= 11 is 0. The van der Waals surface area contributed by atoms with Gasteiger partial charge in [-0.05, 0) is 12.8 Å². The van der Waals surface area contributed by atoms with Crippen LogP contribution < -0.4 is 9.64 Å². The molecule has 1 aliphatic heterocycles. The van der Waals surface area contributed by atoms with Crippen molar-refractivity contribution in [1.82, 2.24) is 24.7 Å². The molecule has 1 saturated heterocycles. The Morgan fingerprint density at radius 1 is 1.45 bits per heavy atom. The standard InChI is InChI=1S/C14H20N6O2/c1-19-10-16-18-11(19)8-14(21)5-3-7-20(9-14)13-15-6-4-12(17-13)22-2/h4,6,10,21H,3,5,7-9H2,1-2H3. The summed E-state index contributed by atoms with van der Waals surface area (Å²) in [6.07, 6.45) is 5.36. The van der Waals surface area contributed by atoms with Gasteiger partial charge in [-0.3, -0.25) is 0 Å². The fraction of sp³-hybridized carbons (Fsp3) is 0.571. The van der Waals surface area contributed by atoms with E-state index >= 15 is 0 Å². The molecule has 22 heavy (non-hydrogen) atoms. The molecule has 0 amide bonds. The highest BCUT2D eigenvalue weighted by molar-refractivity contribution is 5.34. The number of aryl methyl sites for hydroxylation is 1. The Labute approximate surface area is 128 Å². The molecule has 3 heterocycles. The Hall–Kier alpha value is -2.22. The van der Waals surface area contributed by atoms with Crippen LogP contribution in [0.25, 0.3) is 0 Å². The van der Waals surface area contributed by atoms with Crippen LogP contribution in [0.1, 0.15) is 18.7 Å². The molecule has 0 radical (unpaired) electrons. The van der Waals surface area contributed by atoms with Gasteiger partial charge >= 0.3 is 0 Å². The highest BCUT2D eigenvalue weighted by atomic mass is 16.5. The second-order valence-corrected chi connectivity index (χ2v) is 5.68. The van der Waals surface area contributed by atoms with Crippen molar-refractivity contribution in [3.8, 4) is 5.88 Å². The second-order valence-electron chi connectivity index (χ2n) is 5.68. The molecule has 1 aliphatic rings. The molecule has 0 saturated carbocycles. The minimum Gasteiger partial charge on any atom is -0.481 e. The Balaban J connectivity index is 1.76. The molecule has 0 spiro atoms. The van der Waals surface area contributed by atoms with Crippen molar-refractivity contribution >= 4 is 5.95 Å². The van der Waals surface area contributed by atoms with Crippen molar-refractivity contribution in [2.24, 2.45) is 7.05 Å². The van der Waals surface area contributed by atoms with Gasteiger partial charge in [-0.1, -0.05) is 0 Å². The molecule has 1 unspecified atom stereocenters. The van der Waals surface area contributed by atoms with Crippen molar-refractivity contribution in [3.05, 3.63) is 24.4 Å². The Bertz CT molecular complexity index is 646. The van der Waals surface area contributed by atoms with Gasteiger partial charge in [0.25, 0.3) is 0 Å². The number of aliphatic hydroxyl groups is 1. The zero-order valence-corrected chi connectivity index (χ0v) is 12.8. The second kappa shape index (κ2) is 5.88. The smallest absolute Gasteiger partial charge is 0.228 e. The Morgan fingerprint density at radius 2 is 2.32 bits per heavy atom. The van der Waals surface area contributed by atoms with Crippen LogP contribution in [0.15, 0.2) is 18.6 Å². The van der Waals surface area contributed by atoms with Crippen molar-refractivity contribution in [2.75, 3.05) is 25.1 Å². The number of anilines is 1. The quantitative estimate of drug-likeness (QED) is 0.862. The van der Waals surface area contributed by atoms with Gasteiger partial charge in [-0.2, -0.15) is 4.98 Å². The molecule has 1 atom stereocenters. The lowest BCUT2D eigenvalue weighted by Crippen LogP contribution is -2.50. The van der Waals surface area contributed by atoms with Crippen LogP contribution in [0, 0.1) is 0 Å². The van der Waals surface area contributed by atoms with E-state index in [2.05, 4.69) is 20.2 Å². The van der Waals surface area contributed by atoms with Gasteiger partial charge in [0.2, 0.25) is 11.8 Å². The number of hydrogen-bond acceptors (Lipinski definition) is 7. The van der Waals surface area contributed by atoms with E-state index in [9.17, 15) is 5.11 Å². The van der Waals surface area contributed by atoms with Gasteiger partial charge in [-0.15, -0.1) is 10.2 Å². The molecule has 0 bridgehead atoms. The SMILES string of the molecule is COc1ccnc(N2CCCC(O)(Cc3nncn3C)C2)n1. The van der Waals surface area contributed by atoms with E-state index < -0.39 is 5.60 Å². The van der Waals surface area contributed by atoms with Crippen LogP contribution >= 0.6 is 0 Å². The van der Waals surface area contributed by atoms with Crippen LogP contribution in [0.3, 0.4) is 0 Å². The largest absolute Gasteiger partial charge is 0.481 e. The third-order valence-corrected chi connectivity index (χ3v) is 3.96. The number of hydrogen-bond donors (Lipinski definition) is 1. The predicted molar refractivity (Wildman–Crippen MR) is 79.7 cm³/mol. The molecule has 2 aromatic heterocycles. The summed E-state index contributed by atoms with van der Waals surface area (Å²) in [5, 5.41) is 18.8. The highest BCUT2D eigenvalue weighted by Gasteiger charge is 2.35. The normalized spacial score (nSPS) is 21.9. The van der Waals surface area contributed by atoms with Crippen LogP contribution in [-0.4, -0.2) is 55.6 Å². The lowest BCUT2D eigenvalue weighted by atomic mass is 9.89. The number of β-amino-alcohol motifs (C(OH)–C–C–N with tert-alkyl or cyclic N) is 1. The summed E-state index contributed by atoms with van der Waals surface area (Å²) in [7, 11) is 3.46. The van der Waals surface area contributed by atoms with E-state index in [0.717, 1.165) is 25.2 Å². The average molecular weight is 304 g/mol. The monoisotopic (exact) mass is 304 g/mol. The number of nitrogens with zero attached hydrogens (tertiary/aromatic N) is 6. The third-order valence-electron chi connectivity index (χ3n) is 3.96. The van der Waals surface area contributed by atoms with Crippen LogP contribution in [0.5, 0.6) is 5.88 Å². The molecule has 0 aliphatic carbocycles. The zero-order chi connectivity index (χ0) is 15.6. The number of methoxy groups -OCH3 is 1. The lowest BCUT2D eigenvalue weighted by Gasteiger charge is -2.39. The molecule has 118 valence electrons. The number of rotatable bonds is 4. The first-order valence-corrected chi connectivity index (χ1v) is 7.27. The van der Waals surface area contributed by atoms with Crippen molar-refractivity contribution in [2.45, 2.75) is 24.9 Å². The molecule has 2 aromatic rings. The predicted octanol–water partition coefficient (Wildman–Crippen LogP) is 0.188. The van der Waals surface area contributed by atoms with Crippen LogP contribution in [0.4, 0.5) is 5.95 Å². The van der Waals surface area contributed by atoms with E-state index in [1.807, 2.05) is 16.5 Å². The maximum atomic E-state index is 10.9. The van der Waals surface area contributed by atoms with Gasteiger partial charge < -0.3 is 19.3 Å². The van der Waals surface area contributed by atoms with Crippen molar-refractivity contribution < 1.29 is 9.84 Å². The molecule has 8 heteroatoms. The lowest BCUT2D eigenvalue weighted by molar-refractivity contribution is 0.0233. The van der Waals surface area contributed by atoms with Crippen LogP contribution in [0.2, 0.25) is 0 Å². The van der Waals surface area contributed by atoms with E-state index in [1.165, 1.54) is 0 Å².